The molecule has 570 valence electrons. The second-order valence-corrected chi connectivity index (χ2v) is 30.9. The van der Waals surface area contributed by atoms with Gasteiger partial charge in [-0.3, -0.25) is 37.3 Å². The average Bonchev–Trinajstić information content (AvgIpc) is 1.35. The highest BCUT2D eigenvalue weighted by atomic mass is 31.2. The summed E-state index contributed by atoms with van der Waals surface area (Å²) in [6.45, 7) is 7.25. The van der Waals surface area contributed by atoms with E-state index in [-0.39, 0.29) is 25.7 Å². The number of esters is 4. The Morgan fingerprint density at radius 3 is 0.740 bits per heavy atom. The van der Waals surface area contributed by atoms with Gasteiger partial charge in [0.25, 0.3) is 0 Å². The molecule has 19 heteroatoms. The predicted octanol–water partition coefficient (Wildman–Crippen LogP) is 22.9. The highest BCUT2D eigenvalue weighted by Gasteiger charge is 2.30. The lowest BCUT2D eigenvalue weighted by Gasteiger charge is -2.21. The van der Waals surface area contributed by atoms with Gasteiger partial charge in [-0.05, 0) is 31.6 Å². The van der Waals surface area contributed by atoms with E-state index < -0.39 is 97.5 Å². The molecule has 6 atom stereocenters. The third-order valence-corrected chi connectivity index (χ3v) is 20.3. The lowest BCUT2D eigenvalue weighted by Crippen LogP contribution is -2.30. The Hall–Kier alpha value is -1.94. The third kappa shape index (κ3) is 69.2. The molecule has 3 unspecified atom stereocenters. The van der Waals surface area contributed by atoms with E-state index in [1.807, 2.05) is 0 Å². The van der Waals surface area contributed by atoms with Crippen LogP contribution in [0.4, 0.5) is 0 Å². The molecule has 0 aliphatic carbocycles. The summed E-state index contributed by atoms with van der Waals surface area (Å²) < 4.78 is 68.3. The number of aliphatic hydroxyl groups excluding tert-OH is 1. The van der Waals surface area contributed by atoms with Crippen molar-refractivity contribution in [2.24, 2.45) is 5.92 Å². The molecule has 17 nitrogen and oxygen atoms in total. The molecule has 0 heterocycles. The van der Waals surface area contributed by atoms with Crippen molar-refractivity contribution < 1.29 is 80.2 Å². The standard InChI is InChI=1S/C77H150O17P2/c1-6-10-13-16-18-20-22-23-24-25-26-27-28-29-30-31-36-40-44-48-53-58-63-77(82)94-73(67-88-75(80)61-56-51-46-42-39-35-33-32-34-38-41-45-50-54-59-70(5)9-4)69-92-96(85,86)90-65-71(78)64-89-95(83,84)91-68-72(66-87-74(79)60-55-49-15-12-8-3)93-76(81)62-57-52-47-43-37-21-19-17-14-11-7-2/h70-73,78H,6-69H2,1-5H3,(H,83,84)(H,85,86)/t70?,71-,72+,73+/m0/s1. The van der Waals surface area contributed by atoms with Gasteiger partial charge in [-0.1, -0.05) is 356 Å². The molecule has 0 amide bonds. The first-order chi connectivity index (χ1) is 46.6. The molecule has 0 radical (unpaired) electrons. The van der Waals surface area contributed by atoms with Gasteiger partial charge < -0.3 is 33.8 Å². The predicted molar refractivity (Wildman–Crippen MR) is 391 cm³/mol. The molecular weight excluding hydrogens is 1260 g/mol. The summed E-state index contributed by atoms with van der Waals surface area (Å²) in [6, 6.07) is 0. The van der Waals surface area contributed by atoms with Crippen LogP contribution >= 0.6 is 15.6 Å². The summed E-state index contributed by atoms with van der Waals surface area (Å²) in [7, 11) is -9.90. The molecule has 0 bridgehead atoms. The molecule has 0 aliphatic heterocycles. The molecule has 0 aliphatic rings. The van der Waals surface area contributed by atoms with E-state index in [1.165, 1.54) is 225 Å². The van der Waals surface area contributed by atoms with Gasteiger partial charge >= 0.3 is 39.5 Å². The summed E-state index contributed by atoms with van der Waals surface area (Å²) >= 11 is 0. The van der Waals surface area contributed by atoms with E-state index in [0.29, 0.717) is 25.7 Å². The Balaban J connectivity index is 5.11. The van der Waals surface area contributed by atoms with Crippen LogP contribution in [-0.4, -0.2) is 96.7 Å². The van der Waals surface area contributed by atoms with Gasteiger partial charge in [0.1, 0.15) is 19.3 Å². The zero-order chi connectivity index (χ0) is 70.5. The van der Waals surface area contributed by atoms with Crippen LogP contribution in [0.2, 0.25) is 0 Å². The number of carbonyl (C=O) groups excluding carboxylic acids is 4. The van der Waals surface area contributed by atoms with Gasteiger partial charge in [-0.25, -0.2) is 9.13 Å². The number of aliphatic hydroxyl groups is 1. The van der Waals surface area contributed by atoms with Crippen LogP contribution in [0.15, 0.2) is 0 Å². The van der Waals surface area contributed by atoms with Crippen LogP contribution in [0.1, 0.15) is 407 Å². The minimum Gasteiger partial charge on any atom is -0.462 e. The minimum atomic E-state index is -4.96. The van der Waals surface area contributed by atoms with Crippen molar-refractivity contribution in [2.45, 2.75) is 425 Å². The Bertz CT molecular complexity index is 1840. The molecule has 0 aromatic carbocycles. The van der Waals surface area contributed by atoms with Crippen molar-refractivity contribution in [1.82, 2.24) is 0 Å². The fourth-order valence-corrected chi connectivity index (χ4v) is 13.4. The second kappa shape index (κ2) is 70.1. The smallest absolute Gasteiger partial charge is 0.462 e. The average molecular weight is 1410 g/mol. The first kappa shape index (κ1) is 94.1. The summed E-state index contributed by atoms with van der Waals surface area (Å²) in [5.74, 6) is -1.28. The number of hydrogen-bond acceptors (Lipinski definition) is 15. The van der Waals surface area contributed by atoms with Gasteiger partial charge in [0.05, 0.1) is 26.4 Å². The van der Waals surface area contributed by atoms with Crippen LogP contribution < -0.4 is 0 Å². The SMILES string of the molecule is CCCCCCCCCCCCCCCCCCCCCCCCC(=O)O[C@H](COC(=O)CCCCCCCCCCCCCCCCC(C)CC)COP(=O)(O)OC[C@@H](O)COP(=O)(O)OC[C@@H](COC(=O)CCCCCCC)OC(=O)CCCCCCCCCCCCC. The van der Waals surface area contributed by atoms with Crippen molar-refractivity contribution in [3.05, 3.63) is 0 Å². The summed E-state index contributed by atoms with van der Waals surface area (Å²) in [6.07, 6.45) is 60.2. The lowest BCUT2D eigenvalue weighted by atomic mass is 9.99. The fraction of sp³-hybridized carbons (Fsp3) is 0.948. The molecule has 96 heavy (non-hydrogen) atoms. The number of ether oxygens (including phenoxy) is 4. The third-order valence-electron chi connectivity index (χ3n) is 18.4. The van der Waals surface area contributed by atoms with Gasteiger partial charge in [0.2, 0.25) is 0 Å². The quantitative estimate of drug-likeness (QED) is 0.0222. The highest BCUT2D eigenvalue weighted by molar-refractivity contribution is 7.47. The first-order valence-electron chi connectivity index (χ1n) is 40.2. The topological polar surface area (TPSA) is 237 Å². The van der Waals surface area contributed by atoms with Crippen molar-refractivity contribution in [1.29, 1.82) is 0 Å². The number of hydrogen-bond donors (Lipinski definition) is 3. The van der Waals surface area contributed by atoms with Gasteiger partial charge in [-0.15, -0.1) is 0 Å². The molecule has 0 aromatic heterocycles. The summed E-state index contributed by atoms with van der Waals surface area (Å²) in [5, 5.41) is 10.6. The number of carbonyl (C=O) groups is 4. The summed E-state index contributed by atoms with van der Waals surface area (Å²) in [4.78, 5) is 72.5. The Morgan fingerprint density at radius 2 is 0.500 bits per heavy atom. The maximum absolute atomic E-state index is 13.1. The number of unbranched alkanes of at least 4 members (excludes halogenated alkanes) is 48. The zero-order valence-electron chi connectivity index (χ0n) is 62.5. The van der Waals surface area contributed by atoms with Crippen molar-refractivity contribution in [3.8, 4) is 0 Å². The Labute approximate surface area is 588 Å². The Morgan fingerprint density at radius 1 is 0.292 bits per heavy atom. The van der Waals surface area contributed by atoms with Crippen LogP contribution in [0.5, 0.6) is 0 Å². The van der Waals surface area contributed by atoms with Gasteiger partial charge in [0.15, 0.2) is 12.2 Å². The number of phosphoric acid groups is 2. The van der Waals surface area contributed by atoms with E-state index in [4.69, 9.17) is 37.0 Å². The molecule has 0 fully saturated rings. The zero-order valence-corrected chi connectivity index (χ0v) is 64.3. The van der Waals surface area contributed by atoms with Crippen LogP contribution in [0.25, 0.3) is 0 Å². The van der Waals surface area contributed by atoms with E-state index in [9.17, 15) is 43.2 Å². The first-order valence-corrected chi connectivity index (χ1v) is 43.2. The number of phosphoric ester groups is 2. The molecular formula is C77H150O17P2. The van der Waals surface area contributed by atoms with Crippen molar-refractivity contribution >= 4 is 39.5 Å². The van der Waals surface area contributed by atoms with Crippen LogP contribution in [0, 0.1) is 5.92 Å². The molecule has 0 saturated carbocycles. The molecule has 3 N–H and O–H groups in total. The van der Waals surface area contributed by atoms with Crippen LogP contribution in [-0.2, 0) is 65.4 Å². The van der Waals surface area contributed by atoms with Gasteiger partial charge in [-0.2, -0.15) is 0 Å². The number of rotatable bonds is 77. The van der Waals surface area contributed by atoms with E-state index in [0.717, 1.165) is 102 Å². The maximum Gasteiger partial charge on any atom is 0.472 e. The molecule has 0 aromatic rings. The van der Waals surface area contributed by atoms with Crippen LogP contribution in [0.3, 0.4) is 0 Å². The maximum atomic E-state index is 13.1. The Kier molecular flexibility index (Phi) is 68.7. The van der Waals surface area contributed by atoms with E-state index >= 15 is 0 Å². The monoisotopic (exact) mass is 1410 g/mol. The van der Waals surface area contributed by atoms with E-state index in [2.05, 4.69) is 34.6 Å². The largest absolute Gasteiger partial charge is 0.472 e. The highest BCUT2D eigenvalue weighted by Crippen LogP contribution is 2.45. The van der Waals surface area contributed by atoms with E-state index in [1.54, 1.807) is 0 Å². The second-order valence-electron chi connectivity index (χ2n) is 28.0. The van der Waals surface area contributed by atoms with Crippen molar-refractivity contribution in [2.75, 3.05) is 39.6 Å². The molecule has 0 spiro atoms. The van der Waals surface area contributed by atoms with Crippen molar-refractivity contribution in [3.63, 3.8) is 0 Å². The minimum absolute atomic E-state index is 0.106. The molecule has 0 rings (SSSR count). The van der Waals surface area contributed by atoms with Gasteiger partial charge in [0, 0.05) is 25.7 Å². The molecule has 0 saturated heterocycles. The summed E-state index contributed by atoms with van der Waals surface area (Å²) in [5.41, 5.74) is 0. The fourth-order valence-electron chi connectivity index (χ4n) is 11.8. The lowest BCUT2D eigenvalue weighted by molar-refractivity contribution is -0.161. The normalized spacial score (nSPS) is 14.2.